The van der Waals surface area contributed by atoms with Crippen LogP contribution in [0, 0.1) is 0 Å². The molecule has 1 aliphatic carbocycles. The number of aryl methyl sites for hydroxylation is 2. The van der Waals surface area contributed by atoms with Crippen LogP contribution in [0.25, 0.3) is 0 Å². The van der Waals surface area contributed by atoms with Crippen molar-refractivity contribution in [1.82, 2.24) is 5.32 Å². The number of rotatable bonds is 7. The molecule has 1 aromatic heterocycles. The van der Waals surface area contributed by atoms with E-state index in [9.17, 15) is 9.59 Å². The number of esters is 1. The Hall–Kier alpha value is -2.14. The van der Waals surface area contributed by atoms with E-state index < -0.39 is 5.97 Å². The fraction of sp³-hybridized carbons (Fsp3) is 0.400. The highest BCUT2D eigenvalue weighted by Crippen LogP contribution is 2.30. The number of hydrogen-bond donors (Lipinski definition) is 1. The van der Waals surface area contributed by atoms with E-state index in [1.807, 2.05) is 36.4 Å². The fourth-order valence-electron chi connectivity index (χ4n) is 3.16. The monoisotopic (exact) mass is 357 g/mol. The second-order valence-corrected chi connectivity index (χ2v) is 7.44. The van der Waals surface area contributed by atoms with Crippen molar-refractivity contribution < 1.29 is 14.3 Å². The lowest BCUT2D eigenvalue weighted by molar-refractivity contribution is -0.125. The largest absolute Gasteiger partial charge is 0.451 e. The molecule has 1 N–H and O–H groups in total. The average Bonchev–Trinajstić information content (AvgIpc) is 3.22. The first-order valence-electron chi connectivity index (χ1n) is 8.80. The van der Waals surface area contributed by atoms with Crippen LogP contribution >= 0.6 is 11.3 Å². The molecular formula is C20H23NO3S. The van der Waals surface area contributed by atoms with Crippen molar-refractivity contribution in [3.63, 3.8) is 0 Å². The van der Waals surface area contributed by atoms with Gasteiger partial charge < -0.3 is 10.1 Å². The number of nitrogens with one attached hydrogen (secondary N) is 1. The van der Waals surface area contributed by atoms with Crippen molar-refractivity contribution in [2.75, 3.05) is 6.61 Å². The topological polar surface area (TPSA) is 55.4 Å². The van der Waals surface area contributed by atoms with E-state index in [-0.39, 0.29) is 18.6 Å². The van der Waals surface area contributed by atoms with Crippen LogP contribution in [-0.2, 0) is 22.4 Å². The first kappa shape index (κ1) is 17.7. The maximum atomic E-state index is 12.2. The molecule has 0 spiro atoms. The summed E-state index contributed by atoms with van der Waals surface area (Å²) >= 11 is 1.49. The molecule has 1 aromatic carbocycles. The highest BCUT2D eigenvalue weighted by molar-refractivity contribution is 7.14. The van der Waals surface area contributed by atoms with Gasteiger partial charge in [-0.1, -0.05) is 43.7 Å². The van der Waals surface area contributed by atoms with Crippen LogP contribution in [0.3, 0.4) is 0 Å². The van der Waals surface area contributed by atoms with Crippen LogP contribution in [0.15, 0.2) is 36.4 Å². The molecule has 1 aliphatic rings. The third kappa shape index (κ3) is 4.48. The second-order valence-electron chi connectivity index (χ2n) is 6.31. The Labute approximate surface area is 152 Å². The minimum Gasteiger partial charge on any atom is -0.451 e. The van der Waals surface area contributed by atoms with Gasteiger partial charge in [0.15, 0.2) is 6.61 Å². The number of carbonyl (C=O) groups excluding carboxylic acids is 2. The SMILES string of the molecule is CCC[C@@H](NC(=O)COC(=O)c1cc2c(s1)CCC2)c1ccccc1. The highest BCUT2D eigenvalue weighted by atomic mass is 32.1. The summed E-state index contributed by atoms with van der Waals surface area (Å²) in [5, 5.41) is 2.97. The van der Waals surface area contributed by atoms with E-state index in [0.717, 1.165) is 37.7 Å². The summed E-state index contributed by atoms with van der Waals surface area (Å²) in [5.74, 6) is -0.666. The summed E-state index contributed by atoms with van der Waals surface area (Å²) in [5.41, 5.74) is 2.33. The minimum atomic E-state index is -0.402. The standard InChI is InChI=1S/C20H23NO3S/c1-2-7-16(14-8-4-3-5-9-14)21-19(22)13-24-20(23)18-12-15-10-6-11-17(15)25-18/h3-5,8-9,12,16H,2,6-7,10-11,13H2,1H3,(H,21,22)/t16-/m1/s1. The summed E-state index contributed by atoms with van der Waals surface area (Å²) in [6, 6.07) is 11.7. The quantitative estimate of drug-likeness (QED) is 0.761. The number of benzene rings is 1. The smallest absolute Gasteiger partial charge is 0.348 e. The zero-order valence-electron chi connectivity index (χ0n) is 14.4. The van der Waals surface area contributed by atoms with Crippen LogP contribution in [0.2, 0.25) is 0 Å². The zero-order chi connectivity index (χ0) is 17.6. The number of carbonyl (C=O) groups is 2. The summed E-state index contributed by atoms with van der Waals surface area (Å²) in [7, 11) is 0. The normalized spacial score (nSPS) is 14.0. The lowest BCUT2D eigenvalue weighted by Gasteiger charge is -2.18. The first-order valence-corrected chi connectivity index (χ1v) is 9.62. The Morgan fingerprint density at radius 2 is 2.04 bits per heavy atom. The van der Waals surface area contributed by atoms with E-state index in [1.54, 1.807) is 0 Å². The van der Waals surface area contributed by atoms with Crippen molar-refractivity contribution in [2.45, 2.75) is 45.1 Å². The number of ether oxygens (including phenoxy) is 1. The molecular weight excluding hydrogens is 334 g/mol. The predicted molar refractivity (Wildman–Crippen MR) is 98.9 cm³/mol. The van der Waals surface area contributed by atoms with Crippen LogP contribution < -0.4 is 5.32 Å². The number of amides is 1. The molecule has 0 unspecified atom stereocenters. The molecule has 1 amide bonds. The van der Waals surface area contributed by atoms with Gasteiger partial charge in [-0.2, -0.15) is 0 Å². The molecule has 25 heavy (non-hydrogen) atoms. The third-order valence-corrected chi connectivity index (χ3v) is 5.61. The van der Waals surface area contributed by atoms with Gasteiger partial charge >= 0.3 is 5.97 Å². The molecule has 2 aromatic rings. The molecule has 0 saturated heterocycles. The van der Waals surface area contributed by atoms with E-state index in [0.29, 0.717) is 4.88 Å². The number of fused-ring (bicyclic) bond motifs is 1. The van der Waals surface area contributed by atoms with E-state index in [4.69, 9.17) is 4.74 Å². The lowest BCUT2D eigenvalue weighted by atomic mass is 10.0. The molecule has 4 nitrogen and oxygen atoms in total. The van der Waals surface area contributed by atoms with Crippen molar-refractivity contribution >= 4 is 23.2 Å². The van der Waals surface area contributed by atoms with Gasteiger partial charge in [0.05, 0.1) is 6.04 Å². The zero-order valence-corrected chi connectivity index (χ0v) is 15.2. The van der Waals surface area contributed by atoms with Crippen LogP contribution in [-0.4, -0.2) is 18.5 Å². The molecule has 1 atom stereocenters. The molecule has 0 saturated carbocycles. The Kier molecular flexibility index (Phi) is 5.87. The third-order valence-electron chi connectivity index (χ3n) is 4.40. The Morgan fingerprint density at radius 1 is 1.24 bits per heavy atom. The second kappa shape index (κ2) is 8.30. The lowest BCUT2D eigenvalue weighted by Crippen LogP contribution is -2.32. The maximum Gasteiger partial charge on any atom is 0.348 e. The van der Waals surface area contributed by atoms with Crippen LogP contribution in [0.1, 0.15) is 57.9 Å². The molecule has 0 fully saturated rings. The Morgan fingerprint density at radius 3 is 2.76 bits per heavy atom. The molecule has 132 valence electrons. The van der Waals surface area contributed by atoms with E-state index in [1.165, 1.54) is 21.8 Å². The molecule has 0 aliphatic heterocycles. The summed E-state index contributed by atoms with van der Waals surface area (Å²) in [6.45, 7) is 1.84. The van der Waals surface area contributed by atoms with Crippen molar-refractivity contribution in [2.24, 2.45) is 0 Å². The van der Waals surface area contributed by atoms with E-state index in [2.05, 4.69) is 12.2 Å². The molecule has 0 radical (unpaired) electrons. The van der Waals surface area contributed by atoms with Gasteiger partial charge in [0, 0.05) is 4.88 Å². The molecule has 3 rings (SSSR count). The van der Waals surface area contributed by atoms with Gasteiger partial charge in [0.25, 0.3) is 5.91 Å². The van der Waals surface area contributed by atoms with Crippen molar-refractivity contribution in [3.8, 4) is 0 Å². The van der Waals surface area contributed by atoms with Crippen molar-refractivity contribution in [3.05, 3.63) is 57.3 Å². The van der Waals surface area contributed by atoms with Gasteiger partial charge in [-0.25, -0.2) is 4.79 Å². The average molecular weight is 357 g/mol. The van der Waals surface area contributed by atoms with Gasteiger partial charge in [-0.15, -0.1) is 11.3 Å². The predicted octanol–water partition coefficient (Wildman–Crippen LogP) is 4.05. The Bertz CT molecular complexity index is 717. The summed E-state index contributed by atoms with van der Waals surface area (Å²) in [6.07, 6.45) is 5.05. The van der Waals surface area contributed by atoms with Crippen molar-refractivity contribution in [1.29, 1.82) is 0 Å². The highest BCUT2D eigenvalue weighted by Gasteiger charge is 2.20. The number of thiophene rings is 1. The molecule has 1 heterocycles. The van der Waals surface area contributed by atoms with Gasteiger partial charge in [-0.05, 0) is 42.9 Å². The maximum absolute atomic E-state index is 12.2. The first-order chi connectivity index (χ1) is 12.2. The Balaban J connectivity index is 1.53. The summed E-state index contributed by atoms with van der Waals surface area (Å²) < 4.78 is 5.20. The molecule has 0 bridgehead atoms. The fourth-order valence-corrected chi connectivity index (χ4v) is 4.31. The number of hydrogen-bond acceptors (Lipinski definition) is 4. The van der Waals surface area contributed by atoms with E-state index >= 15 is 0 Å². The summed E-state index contributed by atoms with van der Waals surface area (Å²) in [4.78, 5) is 26.2. The van der Waals surface area contributed by atoms with Gasteiger partial charge in [-0.3, -0.25) is 4.79 Å². The van der Waals surface area contributed by atoms with Crippen LogP contribution in [0.5, 0.6) is 0 Å². The van der Waals surface area contributed by atoms with Gasteiger partial charge in [0.1, 0.15) is 4.88 Å². The van der Waals surface area contributed by atoms with Crippen LogP contribution in [0.4, 0.5) is 0 Å². The molecule has 5 heteroatoms. The van der Waals surface area contributed by atoms with Gasteiger partial charge in [0.2, 0.25) is 0 Å². The minimum absolute atomic E-state index is 0.0528.